The third kappa shape index (κ3) is 6.63. The number of carbonyl (C=O) groups excluding carboxylic acids is 2. The molecule has 0 unspecified atom stereocenters. The molecule has 2 aromatic rings. The number of aromatic hydroxyl groups is 1. The zero-order valence-electron chi connectivity index (χ0n) is 15.9. The first-order valence-electron chi connectivity index (χ1n) is 8.65. The van der Waals surface area contributed by atoms with Crippen LogP contribution in [0.1, 0.15) is 21.5 Å². The van der Waals surface area contributed by atoms with E-state index in [1.165, 1.54) is 31.4 Å². The Balaban J connectivity index is 1.81. The number of benzene rings is 2. The van der Waals surface area contributed by atoms with E-state index >= 15 is 0 Å². The highest BCUT2D eigenvalue weighted by Crippen LogP contribution is 2.29. The molecular formula is C20H21F2NO6. The Kier molecular flexibility index (Phi) is 7.76. The average molecular weight is 409 g/mol. The van der Waals surface area contributed by atoms with E-state index in [0.717, 1.165) is 11.1 Å². The van der Waals surface area contributed by atoms with Crippen LogP contribution in [-0.4, -0.2) is 43.9 Å². The summed E-state index contributed by atoms with van der Waals surface area (Å²) in [5.41, 5.74) is 1.47. The summed E-state index contributed by atoms with van der Waals surface area (Å²) in [5, 5.41) is 12.3. The van der Waals surface area contributed by atoms with Crippen LogP contribution in [-0.2, 0) is 16.0 Å². The number of phenols is 1. The zero-order chi connectivity index (χ0) is 21.4. The average Bonchev–Trinajstić information content (AvgIpc) is 2.68. The Morgan fingerprint density at radius 1 is 1.14 bits per heavy atom. The van der Waals surface area contributed by atoms with E-state index in [1.54, 1.807) is 19.1 Å². The molecule has 29 heavy (non-hydrogen) atoms. The summed E-state index contributed by atoms with van der Waals surface area (Å²) in [4.78, 5) is 23.8. The molecule has 0 radical (unpaired) electrons. The molecule has 0 bridgehead atoms. The lowest BCUT2D eigenvalue weighted by Crippen LogP contribution is -2.30. The Morgan fingerprint density at radius 3 is 2.59 bits per heavy atom. The van der Waals surface area contributed by atoms with E-state index in [1.807, 2.05) is 0 Å². The summed E-state index contributed by atoms with van der Waals surface area (Å²) in [7, 11) is 1.33. The molecular weight excluding hydrogens is 388 g/mol. The number of esters is 1. The van der Waals surface area contributed by atoms with Crippen LogP contribution in [0.3, 0.4) is 0 Å². The highest BCUT2D eigenvalue weighted by atomic mass is 19.3. The highest BCUT2D eigenvalue weighted by molar-refractivity contribution is 5.94. The molecule has 0 fully saturated rings. The third-order valence-corrected chi connectivity index (χ3v) is 3.89. The van der Waals surface area contributed by atoms with Gasteiger partial charge < -0.3 is 24.6 Å². The number of alkyl halides is 2. The molecule has 1 amide bonds. The molecule has 0 saturated carbocycles. The van der Waals surface area contributed by atoms with E-state index in [2.05, 4.69) is 10.1 Å². The van der Waals surface area contributed by atoms with Crippen LogP contribution in [0.5, 0.6) is 17.2 Å². The molecule has 156 valence electrons. The fourth-order valence-corrected chi connectivity index (χ4v) is 2.48. The summed E-state index contributed by atoms with van der Waals surface area (Å²) in [6.45, 7) is -1.48. The molecule has 0 spiro atoms. The Morgan fingerprint density at radius 2 is 1.90 bits per heavy atom. The van der Waals surface area contributed by atoms with Gasteiger partial charge >= 0.3 is 12.6 Å². The van der Waals surface area contributed by atoms with Crippen molar-refractivity contribution >= 4 is 11.9 Å². The summed E-state index contributed by atoms with van der Waals surface area (Å²) in [6, 6.07) is 8.94. The molecule has 0 saturated heterocycles. The van der Waals surface area contributed by atoms with Crippen molar-refractivity contribution in [3.63, 3.8) is 0 Å². The maximum atomic E-state index is 12.3. The van der Waals surface area contributed by atoms with Gasteiger partial charge in [0.1, 0.15) is 11.3 Å². The lowest BCUT2D eigenvalue weighted by Gasteiger charge is -2.12. The van der Waals surface area contributed by atoms with E-state index in [9.17, 15) is 23.5 Å². The van der Waals surface area contributed by atoms with Gasteiger partial charge in [0.25, 0.3) is 5.91 Å². The minimum Gasteiger partial charge on any atom is -0.507 e. The number of halogens is 2. The number of hydrogen-bond acceptors (Lipinski definition) is 6. The Labute approximate surface area is 166 Å². The van der Waals surface area contributed by atoms with E-state index < -0.39 is 25.1 Å². The summed E-state index contributed by atoms with van der Waals surface area (Å²) in [5.74, 6) is -1.48. The molecule has 7 nitrogen and oxygen atoms in total. The first-order chi connectivity index (χ1) is 13.8. The second-order valence-electron chi connectivity index (χ2n) is 6.06. The standard InChI is InChI=1S/C20H21F2NO6/c1-12-3-5-15(24)14(9-12)19(26)28-11-18(25)23-8-7-13-4-6-16(29-20(21)22)17(10-13)27-2/h3-6,9-10,20,24H,7-8,11H2,1-2H3,(H,23,25). The molecule has 2 N–H and O–H groups in total. The van der Waals surface area contributed by atoms with Gasteiger partial charge in [0, 0.05) is 6.54 Å². The minimum atomic E-state index is -2.96. The number of nitrogens with one attached hydrogen (secondary N) is 1. The minimum absolute atomic E-state index is 0.0176. The van der Waals surface area contributed by atoms with Crippen LogP contribution in [0.2, 0.25) is 0 Å². The van der Waals surface area contributed by atoms with Crippen LogP contribution >= 0.6 is 0 Å². The van der Waals surface area contributed by atoms with Crippen molar-refractivity contribution in [3.8, 4) is 17.2 Å². The van der Waals surface area contributed by atoms with Gasteiger partial charge in [-0.2, -0.15) is 8.78 Å². The van der Waals surface area contributed by atoms with Crippen molar-refractivity contribution in [2.24, 2.45) is 0 Å². The number of amides is 1. The number of rotatable bonds is 9. The predicted molar refractivity (Wildman–Crippen MR) is 99.5 cm³/mol. The second-order valence-corrected chi connectivity index (χ2v) is 6.06. The highest BCUT2D eigenvalue weighted by Gasteiger charge is 2.15. The largest absolute Gasteiger partial charge is 0.507 e. The molecule has 0 heterocycles. The van der Waals surface area contributed by atoms with Crippen LogP contribution < -0.4 is 14.8 Å². The van der Waals surface area contributed by atoms with Crippen LogP contribution in [0, 0.1) is 6.92 Å². The molecule has 9 heteroatoms. The first-order valence-corrected chi connectivity index (χ1v) is 8.65. The molecule has 0 aliphatic carbocycles. The Bertz CT molecular complexity index is 872. The topological polar surface area (TPSA) is 94.1 Å². The molecule has 0 aliphatic heterocycles. The zero-order valence-corrected chi connectivity index (χ0v) is 15.9. The summed E-state index contributed by atoms with van der Waals surface area (Å²) >= 11 is 0. The fraction of sp³-hybridized carbons (Fsp3) is 0.300. The molecule has 0 aliphatic rings. The lowest BCUT2D eigenvalue weighted by atomic mass is 10.1. The SMILES string of the molecule is COc1cc(CCNC(=O)COC(=O)c2cc(C)ccc2O)ccc1OC(F)F. The summed E-state index contributed by atoms with van der Waals surface area (Å²) in [6.07, 6.45) is 0.393. The Hall–Kier alpha value is -3.36. The smallest absolute Gasteiger partial charge is 0.387 e. The summed E-state index contributed by atoms with van der Waals surface area (Å²) < 4.78 is 38.9. The van der Waals surface area contributed by atoms with Crippen LogP contribution in [0.4, 0.5) is 8.78 Å². The number of ether oxygens (including phenoxy) is 3. The van der Waals surface area contributed by atoms with Crippen molar-refractivity contribution in [1.82, 2.24) is 5.32 Å². The van der Waals surface area contributed by atoms with Gasteiger partial charge in [-0.25, -0.2) is 4.79 Å². The van der Waals surface area contributed by atoms with Crippen molar-refractivity contribution in [2.45, 2.75) is 20.0 Å². The normalized spacial score (nSPS) is 10.5. The van der Waals surface area contributed by atoms with Gasteiger partial charge in [-0.3, -0.25) is 4.79 Å². The fourth-order valence-electron chi connectivity index (χ4n) is 2.48. The molecule has 2 rings (SSSR count). The molecule has 0 aromatic heterocycles. The third-order valence-electron chi connectivity index (χ3n) is 3.89. The monoisotopic (exact) mass is 409 g/mol. The van der Waals surface area contributed by atoms with Crippen LogP contribution in [0.15, 0.2) is 36.4 Å². The maximum Gasteiger partial charge on any atom is 0.387 e. The lowest BCUT2D eigenvalue weighted by molar-refractivity contribution is -0.124. The van der Waals surface area contributed by atoms with Crippen molar-refractivity contribution in [3.05, 3.63) is 53.1 Å². The number of carbonyl (C=O) groups is 2. The van der Waals surface area contributed by atoms with Gasteiger partial charge in [0.05, 0.1) is 7.11 Å². The quantitative estimate of drug-likeness (QED) is 0.619. The van der Waals surface area contributed by atoms with E-state index in [4.69, 9.17) is 9.47 Å². The van der Waals surface area contributed by atoms with E-state index in [0.29, 0.717) is 6.42 Å². The predicted octanol–water partition coefficient (Wildman–Crippen LogP) is 2.83. The number of methoxy groups -OCH3 is 1. The van der Waals surface area contributed by atoms with Gasteiger partial charge in [0.15, 0.2) is 18.1 Å². The second kappa shape index (κ2) is 10.3. The van der Waals surface area contributed by atoms with Gasteiger partial charge in [-0.1, -0.05) is 17.7 Å². The van der Waals surface area contributed by atoms with Crippen molar-refractivity contribution in [1.29, 1.82) is 0 Å². The van der Waals surface area contributed by atoms with E-state index in [-0.39, 0.29) is 29.4 Å². The van der Waals surface area contributed by atoms with Gasteiger partial charge in [-0.05, 0) is 43.2 Å². The number of hydrogen-bond donors (Lipinski definition) is 2. The van der Waals surface area contributed by atoms with Crippen molar-refractivity contribution in [2.75, 3.05) is 20.3 Å². The molecule has 2 aromatic carbocycles. The van der Waals surface area contributed by atoms with Crippen LogP contribution in [0.25, 0.3) is 0 Å². The first kappa shape index (κ1) is 21.9. The maximum absolute atomic E-state index is 12.3. The number of aryl methyl sites for hydroxylation is 1. The van der Waals surface area contributed by atoms with Gasteiger partial charge in [0.2, 0.25) is 0 Å². The van der Waals surface area contributed by atoms with Gasteiger partial charge in [-0.15, -0.1) is 0 Å². The number of phenolic OH excluding ortho intramolecular Hbond substituents is 1. The molecule has 0 atom stereocenters. The van der Waals surface area contributed by atoms with Crippen molar-refractivity contribution < 1.29 is 37.7 Å².